The Hall–Kier alpha value is -3.00. The lowest BCUT2D eigenvalue weighted by atomic mass is 10.2. The van der Waals surface area contributed by atoms with Gasteiger partial charge in [0.15, 0.2) is 0 Å². The average molecular weight is 440 g/mol. The number of thiazole rings is 1. The third kappa shape index (κ3) is 4.54. The van der Waals surface area contributed by atoms with E-state index in [9.17, 15) is 9.59 Å². The molecule has 0 atom stereocenters. The number of nitrogens with one attached hydrogen (secondary N) is 2. The Labute approximate surface area is 180 Å². The van der Waals surface area contributed by atoms with Gasteiger partial charge in [0.05, 0.1) is 22.4 Å². The van der Waals surface area contributed by atoms with E-state index in [1.54, 1.807) is 66.1 Å². The molecule has 8 heteroatoms. The fourth-order valence-electron chi connectivity index (χ4n) is 2.57. The molecule has 2 aromatic carbocycles. The maximum Gasteiger partial charge on any atom is 0.267 e. The minimum absolute atomic E-state index is 0.279. The SMILES string of the molecule is O=C(Nc1ccccc1NC(=O)c1cnc(-c2cccs2)s1)c1ccc(Cl)cc1. The second-order valence-corrected chi connectivity index (χ2v) is 8.38. The van der Waals surface area contributed by atoms with Gasteiger partial charge in [-0.05, 0) is 47.8 Å². The van der Waals surface area contributed by atoms with E-state index in [0.29, 0.717) is 26.8 Å². The predicted octanol–water partition coefficient (Wildman–Crippen LogP) is 6.03. The van der Waals surface area contributed by atoms with Gasteiger partial charge in [0, 0.05) is 10.6 Å². The zero-order chi connectivity index (χ0) is 20.2. The van der Waals surface area contributed by atoms with E-state index in [2.05, 4.69) is 15.6 Å². The van der Waals surface area contributed by atoms with Crippen molar-refractivity contribution in [1.29, 1.82) is 0 Å². The number of rotatable bonds is 5. The molecule has 144 valence electrons. The number of hydrogen-bond acceptors (Lipinski definition) is 5. The number of halogens is 1. The van der Waals surface area contributed by atoms with Crippen LogP contribution in [0.2, 0.25) is 5.02 Å². The van der Waals surface area contributed by atoms with E-state index in [0.717, 1.165) is 9.88 Å². The van der Waals surface area contributed by atoms with Gasteiger partial charge in [0.1, 0.15) is 9.88 Å². The summed E-state index contributed by atoms with van der Waals surface area (Å²) in [5.41, 5.74) is 1.48. The van der Waals surface area contributed by atoms with Gasteiger partial charge < -0.3 is 10.6 Å². The Bertz CT molecular complexity index is 1150. The first-order chi connectivity index (χ1) is 14.1. The standard InChI is InChI=1S/C21H14ClN3O2S2/c22-14-9-7-13(8-10-14)19(26)24-15-4-1-2-5-16(15)25-20(27)18-12-23-21(29-18)17-6-3-11-28-17/h1-12H,(H,24,26)(H,25,27). The molecule has 0 spiro atoms. The Balaban J connectivity index is 1.50. The van der Waals surface area contributed by atoms with Crippen LogP contribution in [0.4, 0.5) is 11.4 Å². The Morgan fingerprint density at radius 3 is 2.21 bits per heavy atom. The van der Waals surface area contributed by atoms with Crippen molar-refractivity contribution in [2.24, 2.45) is 0 Å². The Morgan fingerprint density at radius 1 is 0.862 bits per heavy atom. The van der Waals surface area contributed by atoms with E-state index in [1.807, 2.05) is 17.5 Å². The summed E-state index contributed by atoms with van der Waals surface area (Å²) >= 11 is 8.77. The normalized spacial score (nSPS) is 10.5. The van der Waals surface area contributed by atoms with Gasteiger partial charge in [-0.15, -0.1) is 22.7 Å². The number of amides is 2. The lowest BCUT2D eigenvalue weighted by molar-refractivity contribution is 0.101. The van der Waals surface area contributed by atoms with Crippen LogP contribution in [-0.2, 0) is 0 Å². The summed E-state index contributed by atoms with van der Waals surface area (Å²) in [6.45, 7) is 0. The number of hydrogen-bond donors (Lipinski definition) is 2. The molecular formula is C21H14ClN3O2S2. The lowest BCUT2D eigenvalue weighted by Crippen LogP contribution is -2.16. The lowest BCUT2D eigenvalue weighted by Gasteiger charge is -2.12. The van der Waals surface area contributed by atoms with Crippen LogP contribution in [0, 0.1) is 0 Å². The smallest absolute Gasteiger partial charge is 0.267 e. The maximum absolute atomic E-state index is 12.7. The van der Waals surface area contributed by atoms with Gasteiger partial charge in [-0.25, -0.2) is 4.98 Å². The number of thiophene rings is 1. The van der Waals surface area contributed by atoms with E-state index < -0.39 is 0 Å². The summed E-state index contributed by atoms with van der Waals surface area (Å²) < 4.78 is 0. The summed E-state index contributed by atoms with van der Waals surface area (Å²) in [6.07, 6.45) is 1.56. The van der Waals surface area contributed by atoms with Crippen molar-refractivity contribution < 1.29 is 9.59 Å². The Morgan fingerprint density at radius 2 is 1.55 bits per heavy atom. The van der Waals surface area contributed by atoms with Crippen molar-refractivity contribution in [2.45, 2.75) is 0 Å². The molecule has 29 heavy (non-hydrogen) atoms. The van der Waals surface area contributed by atoms with E-state index in [1.165, 1.54) is 11.3 Å². The van der Waals surface area contributed by atoms with Gasteiger partial charge in [-0.3, -0.25) is 9.59 Å². The molecule has 0 bridgehead atoms. The molecule has 5 nitrogen and oxygen atoms in total. The third-order valence-corrected chi connectivity index (χ3v) is 6.28. The number of carbonyl (C=O) groups excluding carboxylic acids is 2. The molecule has 2 N–H and O–H groups in total. The van der Waals surface area contributed by atoms with E-state index >= 15 is 0 Å². The van der Waals surface area contributed by atoms with Crippen LogP contribution in [0.1, 0.15) is 20.0 Å². The number of nitrogens with zero attached hydrogens (tertiary/aromatic N) is 1. The van der Waals surface area contributed by atoms with Gasteiger partial charge >= 0.3 is 0 Å². The van der Waals surface area contributed by atoms with Gasteiger partial charge in [-0.1, -0.05) is 29.8 Å². The minimum atomic E-state index is -0.291. The zero-order valence-corrected chi connectivity index (χ0v) is 17.3. The molecule has 0 aliphatic rings. The van der Waals surface area contributed by atoms with Crippen LogP contribution in [0.15, 0.2) is 72.2 Å². The van der Waals surface area contributed by atoms with Gasteiger partial charge in [0.2, 0.25) is 0 Å². The first-order valence-corrected chi connectivity index (χ1v) is 10.6. The van der Waals surface area contributed by atoms with Crippen LogP contribution in [0.5, 0.6) is 0 Å². The summed E-state index contributed by atoms with van der Waals surface area (Å²) in [6, 6.07) is 17.5. The molecule has 4 rings (SSSR count). The highest BCUT2D eigenvalue weighted by molar-refractivity contribution is 7.22. The second kappa shape index (κ2) is 8.57. The Kier molecular flexibility index (Phi) is 5.71. The average Bonchev–Trinajstić information content (AvgIpc) is 3.42. The van der Waals surface area contributed by atoms with Crippen molar-refractivity contribution >= 4 is 57.5 Å². The highest BCUT2D eigenvalue weighted by Crippen LogP contribution is 2.30. The monoisotopic (exact) mass is 439 g/mol. The fraction of sp³-hybridized carbons (Fsp3) is 0. The largest absolute Gasteiger partial charge is 0.320 e. The molecule has 0 unspecified atom stereocenters. The number of anilines is 2. The van der Waals surface area contributed by atoms with Crippen LogP contribution in [-0.4, -0.2) is 16.8 Å². The zero-order valence-electron chi connectivity index (χ0n) is 14.9. The van der Waals surface area contributed by atoms with Gasteiger partial charge in [-0.2, -0.15) is 0 Å². The molecule has 2 aromatic heterocycles. The maximum atomic E-state index is 12.7. The van der Waals surface area contributed by atoms with Gasteiger partial charge in [0.25, 0.3) is 11.8 Å². The molecule has 2 heterocycles. The highest BCUT2D eigenvalue weighted by Gasteiger charge is 2.15. The molecule has 0 aliphatic heterocycles. The molecule has 2 amide bonds. The van der Waals surface area contributed by atoms with Crippen molar-refractivity contribution in [3.05, 3.63) is 87.7 Å². The minimum Gasteiger partial charge on any atom is -0.320 e. The van der Waals surface area contributed by atoms with Crippen molar-refractivity contribution in [3.8, 4) is 9.88 Å². The molecular weight excluding hydrogens is 426 g/mol. The molecule has 0 fully saturated rings. The first-order valence-electron chi connectivity index (χ1n) is 8.57. The molecule has 0 saturated heterocycles. The highest BCUT2D eigenvalue weighted by atomic mass is 35.5. The quantitative estimate of drug-likeness (QED) is 0.398. The van der Waals surface area contributed by atoms with Crippen molar-refractivity contribution in [2.75, 3.05) is 10.6 Å². The summed E-state index contributed by atoms with van der Waals surface area (Å²) in [4.78, 5) is 31.0. The molecule has 0 saturated carbocycles. The van der Waals surface area contributed by atoms with Crippen molar-refractivity contribution in [3.63, 3.8) is 0 Å². The van der Waals surface area contributed by atoms with E-state index in [-0.39, 0.29) is 11.8 Å². The topological polar surface area (TPSA) is 71.1 Å². The summed E-state index contributed by atoms with van der Waals surface area (Å²) in [5.74, 6) is -0.570. The van der Waals surface area contributed by atoms with Crippen molar-refractivity contribution in [1.82, 2.24) is 4.98 Å². The number of benzene rings is 2. The molecule has 0 radical (unpaired) electrons. The van der Waals surface area contributed by atoms with E-state index in [4.69, 9.17) is 11.6 Å². The number of carbonyl (C=O) groups is 2. The van der Waals surface area contributed by atoms with Crippen LogP contribution in [0.25, 0.3) is 9.88 Å². The number of aromatic nitrogens is 1. The molecule has 0 aliphatic carbocycles. The van der Waals surface area contributed by atoms with Crippen LogP contribution in [0.3, 0.4) is 0 Å². The summed E-state index contributed by atoms with van der Waals surface area (Å²) in [7, 11) is 0. The number of para-hydroxylation sites is 2. The third-order valence-electron chi connectivity index (χ3n) is 3.99. The summed E-state index contributed by atoms with van der Waals surface area (Å²) in [5, 5.41) is 9.00. The van der Waals surface area contributed by atoms with Crippen LogP contribution >= 0.6 is 34.3 Å². The predicted molar refractivity (Wildman–Crippen MR) is 119 cm³/mol. The fourth-order valence-corrected chi connectivity index (χ4v) is 4.32. The second-order valence-electron chi connectivity index (χ2n) is 5.97. The first kappa shape index (κ1) is 19.3. The molecule has 4 aromatic rings. The van der Waals surface area contributed by atoms with Crippen LogP contribution < -0.4 is 10.6 Å².